The van der Waals surface area contributed by atoms with Gasteiger partial charge in [0.2, 0.25) is 0 Å². The summed E-state index contributed by atoms with van der Waals surface area (Å²) in [5, 5.41) is 0. The number of rotatable bonds is 22. The summed E-state index contributed by atoms with van der Waals surface area (Å²) in [4.78, 5) is 137. The molecule has 0 aromatic carbocycles. The molecule has 0 N–H and O–H groups in total. The van der Waals surface area contributed by atoms with E-state index in [-0.39, 0.29) is 28.2 Å². The van der Waals surface area contributed by atoms with Gasteiger partial charge >= 0.3 is 47.8 Å². The van der Waals surface area contributed by atoms with E-state index in [0.29, 0.717) is 6.42 Å². The molecule has 4 aliphatic carbocycles. The Kier molecular flexibility index (Phi) is 28.5. The van der Waals surface area contributed by atoms with Crippen LogP contribution in [0.1, 0.15) is 178 Å². The summed E-state index contributed by atoms with van der Waals surface area (Å²) in [6.07, 6.45) is 15.9. The van der Waals surface area contributed by atoms with E-state index in [4.69, 9.17) is 18.9 Å². The first-order valence-corrected chi connectivity index (χ1v) is 25.7. The lowest BCUT2D eigenvalue weighted by Gasteiger charge is -2.32. The Balaban J connectivity index is 0.000000507. The van der Waals surface area contributed by atoms with Crippen LogP contribution in [0.4, 0.5) is 0 Å². The summed E-state index contributed by atoms with van der Waals surface area (Å²) in [5.41, 5.74) is -1.45. The third kappa shape index (κ3) is 23.9. The zero-order valence-corrected chi connectivity index (χ0v) is 46.1. The highest BCUT2D eigenvalue weighted by Crippen LogP contribution is 2.40. The largest absolute Gasteiger partial charge is 0.454 e. The minimum Gasteiger partial charge on any atom is -0.454 e. The van der Waals surface area contributed by atoms with E-state index < -0.39 is 120 Å². The number of ketones is 4. The maximum Gasteiger partial charge on any atom is 0.378 e. The van der Waals surface area contributed by atoms with Gasteiger partial charge in [-0.15, -0.1) is 0 Å². The molecule has 0 saturated heterocycles. The maximum absolute atomic E-state index is 11.8. The van der Waals surface area contributed by atoms with Crippen LogP contribution in [0.25, 0.3) is 0 Å². The molecular formula is C56H80O20. The first-order valence-electron chi connectivity index (χ1n) is 25.7. The van der Waals surface area contributed by atoms with Gasteiger partial charge in [0.15, 0.2) is 26.4 Å². The van der Waals surface area contributed by atoms with Gasteiger partial charge in [0, 0.05) is 22.3 Å². The van der Waals surface area contributed by atoms with Gasteiger partial charge in [-0.25, -0.2) is 38.4 Å². The normalized spacial score (nSPS) is 17.0. The zero-order chi connectivity index (χ0) is 58.0. The lowest BCUT2D eigenvalue weighted by Crippen LogP contribution is -2.40. The van der Waals surface area contributed by atoms with Gasteiger partial charge in [0.1, 0.15) is 22.4 Å². The van der Waals surface area contributed by atoms with Crippen LogP contribution in [0.2, 0.25) is 0 Å². The van der Waals surface area contributed by atoms with Crippen molar-refractivity contribution in [3.8, 4) is 0 Å². The zero-order valence-electron chi connectivity index (χ0n) is 46.1. The van der Waals surface area contributed by atoms with Crippen molar-refractivity contribution in [3.05, 3.63) is 48.6 Å². The van der Waals surface area contributed by atoms with Crippen molar-refractivity contribution in [1.29, 1.82) is 0 Å². The second-order valence-corrected chi connectivity index (χ2v) is 20.5. The van der Waals surface area contributed by atoms with E-state index in [1.807, 2.05) is 34.6 Å². The Morgan fingerprint density at radius 2 is 0.618 bits per heavy atom. The summed E-state index contributed by atoms with van der Waals surface area (Å²) in [5.74, 6) is -9.69. The lowest BCUT2D eigenvalue weighted by atomic mass is 9.86. The Labute approximate surface area is 446 Å². The van der Waals surface area contributed by atoms with Gasteiger partial charge in [-0.3, -0.25) is 19.2 Å². The molecule has 4 fully saturated rings. The number of hydrogen-bond acceptors (Lipinski definition) is 20. The third-order valence-corrected chi connectivity index (χ3v) is 13.2. The van der Waals surface area contributed by atoms with Crippen molar-refractivity contribution in [3.63, 3.8) is 0 Å². The first-order chi connectivity index (χ1) is 35.4. The van der Waals surface area contributed by atoms with Gasteiger partial charge in [-0.2, -0.15) is 0 Å². The van der Waals surface area contributed by atoms with Crippen molar-refractivity contribution >= 4 is 70.9 Å². The summed E-state index contributed by atoms with van der Waals surface area (Å²) < 4.78 is 39.6. The van der Waals surface area contributed by atoms with E-state index in [1.54, 1.807) is 0 Å². The van der Waals surface area contributed by atoms with Crippen molar-refractivity contribution in [2.75, 3.05) is 26.4 Å². The minimum absolute atomic E-state index is 0.153. The molecule has 20 nitrogen and oxygen atoms in total. The first kappa shape index (κ1) is 67.4. The maximum atomic E-state index is 11.8. The Morgan fingerprint density at radius 3 is 0.895 bits per heavy atom. The molecule has 0 aliphatic heterocycles. The van der Waals surface area contributed by atoms with Crippen molar-refractivity contribution in [1.82, 2.24) is 0 Å². The second kappa shape index (κ2) is 32.1. The number of ether oxygens (including phenoxy) is 8. The molecule has 76 heavy (non-hydrogen) atoms. The van der Waals surface area contributed by atoms with Crippen LogP contribution in [0.3, 0.4) is 0 Å². The SMILES string of the molecule is C=C(C)C(=O)OCC(=O)C(=O)OC1(C(C)C)CCCC1.C=C(C)C(=O)OCC(=O)C(=O)OC1(C)CCCC1.C=C(C)C(=O)OCC(=O)C(=O)OC1(C)CCCCC1.C=C(C)C(=O)OCC(=O)C(=O)OC1(CC)CCCC1. The molecule has 0 unspecified atom stereocenters. The Hall–Kier alpha value is -6.60. The summed E-state index contributed by atoms with van der Waals surface area (Å²) >= 11 is 0. The molecule has 424 valence electrons. The number of Topliss-reactive ketones (excluding diaryl/α,β-unsaturated/α-hetero) is 4. The molecule has 0 amide bonds. The van der Waals surface area contributed by atoms with E-state index >= 15 is 0 Å². The van der Waals surface area contributed by atoms with Crippen LogP contribution in [-0.4, -0.2) is 120 Å². The average molecular weight is 1070 g/mol. The van der Waals surface area contributed by atoms with Crippen LogP contribution in [0, 0.1) is 5.92 Å². The van der Waals surface area contributed by atoms with Crippen molar-refractivity contribution in [2.45, 2.75) is 200 Å². The predicted molar refractivity (Wildman–Crippen MR) is 273 cm³/mol. The molecule has 0 bridgehead atoms. The monoisotopic (exact) mass is 1070 g/mol. The lowest BCUT2D eigenvalue weighted by molar-refractivity contribution is -0.172. The molecule has 0 radical (unpaired) electrons. The summed E-state index contributed by atoms with van der Waals surface area (Å²) in [6.45, 7) is 26.5. The highest BCUT2D eigenvalue weighted by atomic mass is 16.6. The Bertz CT molecular complexity index is 2190. The van der Waals surface area contributed by atoms with E-state index in [2.05, 4.69) is 45.3 Å². The fourth-order valence-electron chi connectivity index (χ4n) is 8.25. The molecule has 4 saturated carbocycles. The number of carbonyl (C=O) groups is 12. The van der Waals surface area contributed by atoms with Gasteiger partial charge in [0.25, 0.3) is 23.1 Å². The highest BCUT2D eigenvalue weighted by molar-refractivity contribution is 6.35. The average Bonchev–Trinajstić information content (AvgIpc) is 4.16. The van der Waals surface area contributed by atoms with Crippen LogP contribution < -0.4 is 0 Å². The number of carbonyl (C=O) groups excluding carboxylic acids is 12. The number of esters is 8. The van der Waals surface area contributed by atoms with Gasteiger partial charge in [-0.1, -0.05) is 53.5 Å². The fraction of sp³-hybridized carbons (Fsp3) is 0.643. The fourth-order valence-corrected chi connectivity index (χ4v) is 8.25. The molecule has 0 atom stereocenters. The van der Waals surface area contributed by atoms with Crippen LogP contribution in [0.5, 0.6) is 0 Å². The highest BCUT2D eigenvalue weighted by Gasteiger charge is 2.42. The standard InChI is InChI=1S/C15H22O5.2C14H20O5.C13H18O5/c1-10(2)13(17)19-9-12(16)14(18)20-15(11(3)4)7-5-6-8-15;1-10(2)12(16)18-9-11(15)13(17)19-14(3)7-5-4-6-8-14;1-4-14(7-5-6-8-14)19-13(17)11(15)9-18-12(16)10(2)3;1-9(2)11(15)17-8-10(14)12(16)18-13(3)6-4-5-7-13/h11H,1,5-9H2,2-4H3;1,4-9H2,2-3H3;2,4-9H2,1,3H3;1,4-8H2,2-3H3. The molecular weight excluding hydrogens is 993 g/mol. The van der Waals surface area contributed by atoms with E-state index in [1.165, 1.54) is 27.7 Å². The topological polar surface area (TPSA) is 279 Å². The molecule has 0 aromatic rings. The molecule has 0 spiro atoms. The van der Waals surface area contributed by atoms with Crippen molar-refractivity contribution in [2.24, 2.45) is 5.92 Å². The summed E-state index contributed by atoms with van der Waals surface area (Å²) in [6, 6.07) is 0. The predicted octanol–water partition coefficient (Wildman–Crippen LogP) is 7.62. The van der Waals surface area contributed by atoms with E-state index in [9.17, 15) is 57.5 Å². The van der Waals surface area contributed by atoms with Gasteiger partial charge in [-0.05, 0) is 157 Å². The van der Waals surface area contributed by atoms with Crippen LogP contribution in [0.15, 0.2) is 48.6 Å². The van der Waals surface area contributed by atoms with Crippen LogP contribution in [-0.2, 0) is 95.4 Å². The van der Waals surface area contributed by atoms with Gasteiger partial charge in [0.05, 0.1) is 0 Å². The quantitative estimate of drug-likeness (QED) is 0.0436. The van der Waals surface area contributed by atoms with Gasteiger partial charge < -0.3 is 37.9 Å². The van der Waals surface area contributed by atoms with E-state index in [0.717, 1.165) is 109 Å². The summed E-state index contributed by atoms with van der Waals surface area (Å²) in [7, 11) is 0. The molecule has 0 heterocycles. The number of hydrogen-bond donors (Lipinski definition) is 0. The molecule has 4 aliphatic rings. The third-order valence-electron chi connectivity index (χ3n) is 13.2. The minimum atomic E-state index is -0.936. The van der Waals surface area contributed by atoms with Crippen LogP contribution >= 0.6 is 0 Å². The Morgan fingerprint density at radius 1 is 0.368 bits per heavy atom. The van der Waals surface area contributed by atoms with Crippen molar-refractivity contribution < 1.29 is 95.4 Å². The molecule has 0 aromatic heterocycles. The molecule has 20 heteroatoms. The molecule has 4 rings (SSSR count). The smallest absolute Gasteiger partial charge is 0.378 e. The second-order valence-electron chi connectivity index (χ2n) is 20.5.